The molecule has 4 rings (SSSR count). The fourth-order valence-corrected chi connectivity index (χ4v) is 3.77. The SMILES string of the molecule is O=C(ON=Cc1c(-c2ccccc2)nc2sccn12)c1ccc(Cl)cc1Cl. The average molecular weight is 416 g/mol. The standard InChI is InChI=1S/C19H11Cl2N3O2S/c20-13-6-7-14(15(21)10-13)18(25)26-22-11-16-17(12-4-2-1-3-5-12)23-19-24(16)8-9-27-19/h1-11H. The van der Waals surface area contributed by atoms with Crippen molar-refractivity contribution in [1.82, 2.24) is 9.38 Å². The molecular weight excluding hydrogens is 405 g/mol. The van der Waals surface area contributed by atoms with Crippen LogP contribution in [0.3, 0.4) is 0 Å². The Bertz CT molecular complexity index is 1150. The lowest BCUT2D eigenvalue weighted by atomic mass is 10.1. The van der Waals surface area contributed by atoms with Gasteiger partial charge >= 0.3 is 5.97 Å². The summed E-state index contributed by atoms with van der Waals surface area (Å²) in [5.74, 6) is -0.666. The maximum absolute atomic E-state index is 12.2. The van der Waals surface area contributed by atoms with Crippen LogP contribution in [-0.4, -0.2) is 21.6 Å². The lowest BCUT2D eigenvalue weighted by Crippen LogP contribution is -2.02. The third-order valence-corrected chi connectivity index (χ3v) is 5.11. The fraction of sp³-hybridized carbons (Fsp3) is 0. The Morgan fingerprint density at radius 1 is 1.19 bits per heavy atom. The molecule has 0 atom stereocenters. The Hall–Kier alpha value is -2.67. The second-order valence-electron chi connectivity index (χ2n) is 5.50. The number of fused-ring (bicyclic) bond motifs is 1. The predicted octanol–water partition coefficient (Wildman–Crippen LogP) is 5.56. The summed E-state index contributed by atoms with van der Waals surface area (Å²) in [6, 6.07) is 14.3. The third kappa shape index (κ3) is 3.60. The number of thiazole rings is 1. The highest BCUT2D eigenvalue weighted by Gasteiger charge is 2.15. The molecule has 0 aliphatic carbocycles. The van der Waals surface area contributed by atoms with E-state index in [-0.39, 0.29) is 10.6 Å². The molecule has 0 fully saturated rings. The molecule has 0 N–H and O–H groups in total. The van der Waals surface area contributed by atoms with Crippen LogP contribution in [0.1, 0.15) is 16.1 Å². The molecule has 0 saturated heterocycles. The first-order chi connectivity index (χ1) is 13.1. The Balaban J connectivity index is 1.63. The van der Waals surface area contributed by atoms with E-state index in [9.17, 15) is 4.79 Å². The van der Waals surface area contributed by atoms with Crippen molar-refractivity contribution < 1.29 is 9.63 Å². The van der Waals surface area contributed by atoms with Crippen molar-refractivity contribution >= 4 is 51.7 Å². The number of oxime groups is 1. The van der Waals surface area contributed by atoms with Gasteiger partial charge in [0.05, 0.1) is 28.2 Å². The minimum Gasteiger partial charge on any atom is -0.313 e. The number of imidazole rings is 1. The molecular formula is C19H11Cl2N3O2S. The van der Waals surface area contributed by atoms with Crippen molar-refractivity contribution in [1.29, 1.82) is 0 Å². The molecule has 4 aromatic rings. The zero-order chi connectivity index (χ0) is 18.8. The van der Waals surface area contributed by atoms with Crippen LogP contribution in [0.5, 0.6) is 0 Å². The van der Waals surface area contributed by atoms with Crippen LogP contribution in [0.2, 0.25) is 10.0 Å². The van der Waals surface area contributed by atoms with Gasteiger partial charge in [0.2, 0.25) is 0 Å². The largest absolute Gasteiger partial charge is 0.367 e. The summed E-state index contributed by atoms with van der Waals surface area (Å²) in [5, 5.41) is 6.41. The Kier molecular flexibility index (Phi) is 4.94. The summed E-state index contributed by atoms with van der Waals surface area (Å²) in [7, 11) is 0. The van der Waals surface area contributed by atoms with Gasteiger partial charge in [-0.05, 0) is 18.2 Å². The normalized spacial score (nSPS) is 11.3. The Labute approximate surface area is 168 Å². The molecule has 0 bridgehead atoms. The number of hydrogen-bond donors (Lipinski definition) is 0. The molecule has 0 spiro atoms. The molecule has 2 heterocycles. The van der Waals surface area contributed by atoms with Gasteiger partial charge in [-0.15, -0.1) is 11.3 Å². The van der Waals surface area contributed by atoms with Crippen LogP contribution in [-0.2, 0) is 4.84 Å². The first-order valence-corrected chi connectivity index (χ1v) is 9.48. The fourth-order valence-electron chi connectivity index (χ4n) is 2.56. The number of hydrogen-bond acceptors (Lipinski definition) is 5. The molecule has 0 saturated carbocycles. The number of benzene rings is 2. The van der Waals surface area contributed by atoms with E-state index in [0.29, 0.717) is 10.7 Å². The maximum atomic E-state index is 12.2. The number of rotatable bonds is 4. The van der Waals surface area contributed by atoms with Crippen LogP contribution in [0.4, 0.5) is 0 Å². The maximum Gasteiger partial charge on any atom is 0.367 e. The number of carbonyl (C=O) groups is 1. The topological polar surface area (TPSA) is 56.0 Å². The Morgan fingerprint density at radius 3 is 2.78 bits per heavy atom. The van der Waals surface area contributed by atoms with Crippen molar-refractivity contribution in [2.75, 3.05) is 0 Å². The monoisotopic (exact) mass is 415 g/mol. The molecule has 2 aromatic carbocycles. The zero-order valence-corrected chi connectivity index (χ0v) is 16.0. The van der Waals surface area contributed by atoms with Gasteiger partial charge in [-0.25, -0.2) is 9.78 Å². The second kappa shape index (κ2) is 7.52. The van der Waals surface area contributed by atoms with Gasteiger partial charge < -0.3 is 4.84 Å². The molecule has 2 aromatic heterocycles. The van der Waals surface area contributed by atoms with Crippen molar-refractivity contribution in [2.45, 2.75) is 0 Å². The quantitative estimate of drug-likeness (QED) is 0.249. The molecule has 0 aliphatic heterocycles. The first-order valence-electron chi connectivity index (χ1n) is 7.84. The van der Waals surface area contributed by atoms with Gasteiger partial charge in [0, 0.05) is 22.2 Å². The van der Waals surface area contributed by atoms with Gasteiger partial charge in [-0.2, -0.15) is 0 Å². The van der Waals surface area contributed by atoms with E-state index < -0.39 is 5.97 Å². The van der Waals surface area contributed by atoms with E-state index in [0.717, 1.165) is 16.2 Å². The lowest BCUT2D eigenvalue weighted by molar-refractivity contribution is 0.0519. The summed E-state index contributed by atoms with van der Waals surface area (Å²) < 4.78 is 1.89. The highest BCUT2D eigenvalue weighted by Crippen LogP contribution is 2.26. The molecule has 0 amide bonds. The number of nitrogens with zero attached hydrogens (tertiary/aromatic N) is 3. The molecule has 0 unspecified atom stereocenters. The van der Waals surface area contributed by atoms with Gasteiger partial charge in [-0.1, -0.05) is 58.7 Å². The van der Waals surface area contributed by atoms with Crippen LogP contribution in [0.15, 0.2) is 65.3 Å². The molecule has 0 aliphatic rings. The van der Waals surface area contributed by atoms with Crippen LogP contribution >= 0.6 is 34.5 Å². The van der Waals surface area contributed by atoms with Crippen LogP contribution in [0.25, 0.3) is 16.2 Å². The highest BCUT2D eigenvalue weighted by atomic mass is 35.5. The van der Waals surface area contributed by atoms with Crippen molar-refractivity contribution in [2.24, 2.45) is 5.16 Å². The molecule has 8 heteroatoms. The Morgan fingerprint density at radius 2 is 2.00 bits per heavy atom. The molecule has 5 nitrogen and oxygen atoms in total. The van der Waals surface area contributed by atoms with E-state index in [2.05, 4.69) is 10.1 Å². The van der Waals surface area contributed by atoms with E-state index in [1.807, 2.05) is 46.3 Å². The second-order valence-corrected chi connectivity index (χ2v) is 7.22. The number of halogens is 2. The van der Waals surface area contributed by atoms with Crippen molar-refractivity contribution in [3.05, 3.63) is 81.4 Å². The number of carbonyl (C=O) groups excluding carboxylic acids is 1. The molecule has 27 heavy (non-hydrogen) atoms. The zero-order valence-electron chi connectivity index (χ0n) is 13.7. The van der Waals surface area contributed by atoms with Crippen molar-refractivity contribution in [3.63, 3.8) is 0 Å². The van der Waals surface area contributed by atoms with E-state index in [1.54, 1.807) is 6.07 Å². The van der Waals surface area contributed by atoms with Gasteiger partial charge in [-0.3, -0.25) is 4.40 Å². The highest BCUT2D eigenvalue weighted by molar-refractivity contribution is 7.15. The summed E-state index contributed by atoms with van der Waals surface area (Å²) in [6.45, 7) is 0. The van der Waals surface area contributed by atoms with E-state index in [4.69, 9.17) is 28.0 Å². The lowest BCUT2D eigenvalue weighted by Gasteiger charge is -2.02. The smallest absolute Gasteiger partial charge is 0.313 e. The summed E-state index contributed by atoms with van der Waals surface area (Å²) in [6.07, 6.45) is 3.36. The minimum atomic E-state index is -0.666. The summed E-state index contributed by atoms with van der Waals surface area (Å²) in [4.78, 5) is 22.7. The van der Waals surface area contributed by atoms with Gasteiger partial charge in [0.25, 0.3) is 0 Å². The van der Waals surface area contributed by atoms with E-state index >= 15 is 0 Å². The predicted molar refractivity (Wildman–Crippen MR) is 108 cm³/mol. The van der Waals surface area contributed by atoms with Crippen LogP contribution in [0, 0.1) is 0 Å². The van der Waals surface area contributed by atoms with Gasteiger partial charge in [0.1, 0.15) is 0 Å². The number of aromatic nitrogens is 2. The minimum absolute atomic E-state index is 0.190. The van der Waals surface area contributed by atoms with Crippen molar-refractivity contribution in [3.8, 4) is 11.3 Å². The summed E-state index contributed by atoms with van der Waals surface area (Å²) in [5.41, 5.74) is 2.61. The first kappa shape index (κ1) is 17.7. The van der Waals surface area contributed by atoms with Gasteiger partial charge in [0.15, 0.2) is 4.96 Å². The molecule has 134 valence electrons. The molecule has 0 radical (unpaired) electrons. The van der Waals surface area contributed by atoms with E-state index in [1.165, 1.54) is 29.7 Å². The third-order valence-electron chi connectivity index (χ3n) is 3.81. The average Bonchev–Trinajstić information content (AvgIpc) is 3.24. The van der Waals surface area contributed by atoms with Crippen LogP contribution < -0.4 is 0 Å². The summed E-state index contributed by atoms with van der Waals surface area (Å²) >= 11 is 13.4.